The fourth-order valence-corrected chi connectivity index (χ4v) is 1.90. The van der Waals surface area contributed by atoms with E-state index >= 15 is 0 Å². The molecule has 0 saturated carbocycles. The van der Waals surface area contributed by atoms with E-state index in [1.165, 1.54) is 12.1 Å². The Morgan fingerprint density at radius 2 is 1.73 bits per heavy atom. The highest BCUT2D eigenvalue weighted by Gasteiger charge is 2.21. The summed E-state index contributed by atoms with van der Waals surface area (Å²) in [6.07, 6.45) is 0. The predicted molar refractivity (Wildman–Crippen MR) is 62.3 cm³/mol. The number of alkyl halides is 1. The minimum Gasteiger partial charge on any atom is -0.207 e. The van der Waals surface area contributed by atoms with Crippen molar-refractivity contribution in [3.05, 3.63) is 35.4 Å². The quantitative estimate of drug-likeness (QED) is 0.714. The van der Waals surface area contributed by atoms with Crippen molar-refractivity contribution in [1.29, 1.82) is 0 Å². The molecule has 84 valence electrons. The van der Waals surface area contributed by atoms with Crippen molar-refractivity contribution < 1.29 is 8.78 Å². The molecule has 0 amide bonds. The second-order valence-electron chi connectivity index (χ2n) is 4.14. The summed E-state index contributed by atoms with van der Waals surface area (Å²) >= 11 is 3.54. The number of halogens is 3. The summed E-state index contributed by atoms with van der Waals surface area (Å²) in [5, 5.41) is 0. The van der Waals surface area contributed by atoms with Crippen LogP contribution in [0, 0.1) is 17.6 Å². The molecule has 0 bridgehead atoms. The first-order valence-corrected chi connectivity index (χ1v) is 5.94. The van der Waals surface area contributed by atoms with Gasteiger partial charge in [-0.15, -0.1) is 0 Å². The number of hydrogen-bond acceptors (Lipinski definition) is 0. The summed E-state index contributed by atoms with van der Waals surface area (Å²) in [7, 11) is 0. The third-order valence-corrected chi connectivity index (χ3v) is 4.42. The van der Waals surface area contributed by atoms with Gasteiger partial charge in [-0.2, -0.15) is 0 Å². The van der Waals surface area contributed by atoms with Crippen LogP contribution in [0.15, 0.2) is 18.2 Å². The molecule has 3 heteroatoms. The summed E-state index contributed by atoms with van der Waals surface area (Å²) < 4.78 is 26.2. The Morgan fingerprint density at radius 1 is 1.13 bits per heavy atom. The Bertz CT molecular complexity index is 336. The second-order valence-corrected chi connectivity index (χ2v) is 5.20. The molecule has 0 radical (unpaired) electrons. The molecule has 0 N–H and O–H groups in total. The largest absolute Gasteiger partial charge is 0.207 e. The highest BCUT2D eigenvalue weighted by molar-refractivity contribution is 9.09. The SMILES string of the molecule is CC(C)C(Br)C(C)c1ccc(F)cc1F. The highest BCUT2D eigenvalue weighted by Crippen LogP contribution is 2.31. The minimum atomic E-state index is -0.529. The van der Waals surface area contributed by atoms with Gasteiger partial charge in [-0.05, 0) is 23.5 Å². The number of benzene rings is 1. The van der Waals surface area contributed by atoms with E-state index < -0.39 is 11.6 Å². The van der Waals surface area contributed by atoms with Gasteiger partial charge in [0.2, 0.25) is 0 Å². The molecule has 2 unspecified atom stereocenters. The van der Waals surface area contributed by atoms with Gasteiger partial charge in [0.25, 0.3) is 0 Å². The van der Waals surface area contributed by atoms with Gasteiger partial charge in [-0.1, -0.05) is 42.8 Å². The molecule has 1 rings (SSSR count). The normalized spacial score (nSPS) is 15.4. The van der Waals surface area contributed by atoms with Crippen LogP contribution >= 0.6 is 15.9 Å². The van der Waals surface area contributed by atoms with Crippen molar-refractivity contribution in [1.82, 2.24) is 0 Å². The van der Waals surface area contributed by atoms with Gasteiger partial charge in [0.15, 0.2) is 0 Å². The molecular formula is C12H15BrF2. The van der Waals surface area contributed by atoms with E-state index in [1.54, 1.807) is 0 Å². The molecule has 0 saturated heterocycles. The van der Waals surface area contributed by atoms with Crippen LogP contribution in [0.2, 0.25) is 0 Å². The molecular weight excluding hydrogens is 262 g/mol. The van der Waals surface area contributed by atoms with Crippen molar-refractivity contribution in [3.8, 4) is 0 Å². The summed E-state index contributed by atoms with van der Waals surface area (Å²) in [5.74, 6) is -0.554. The van der Waals surface area contributed by atoms with Crippen LogP contribution in [0.4, 0.5) is 8.78 Å². The van der Waals surface area contributed by atoms with Crippen LogP contribution in [-0.2, 0) is 0 Å². The summed E-state index contributed by atoms with van der Waals surface area (Å²) in [5.41, 5.74) is 0.562. The molecule has 0 aromatic heterocycles. The van der Waals surface area contributed by atoms with E-state index in [0.717, 1.165) is 6.07 Å². The monoisotopic (exact) mass is 276 g/mol. The van der Waals surface area contributed by atoms with Gasteiger partial charge >= 0.3 is 0 Å². The maximum Gasteiger partial charge on any atom is 0.129 e. The Balaban J connectivity index is 2.96. The van der Waals surface area contributed by atoms with Gasteiger partial charge in [0, 0.05) is 10.9 Å². The van der Waals surface area contributed by atoms with Crippen LogP contribution in [-0.4, -0.2) is 4.83 Å². The van der Waals surface area contributed by atoms with Gasteiger partial charge < -0.3 is 0 Å². The average molecular weight is 277 g/mol. The minimum absolute atomic E-state index is 0.0330. The lowest BCUT2D eigenvalue weighted by molar-refractivity contribution is 0.515. The molecule has 0 fully saturated rings. The molecule has 2 atom stereocenters. The first-order valence-electron chi connectivity index (χ1n) is 5.02. The lowest BCUT2D eigenvalue weighted by atomic mass is 9.91. The number of rotatable bonds is 3. The van der Waals surface area contributed by atoms with E-state index in [1.807, 2.05) is 6.92 Å². The molecule has 0 nitrogen and oxygen atoms in total. The van der Waals surface area contributed by atoms with Crippen molar-refractivity contribution in [2.75, 3.05) is 0 Å². The van der Waals surface area contributed by atoms with Crippen molar-refractivity contribution in [2.24, 2.45) is 5.92 Å². The van der Waals surface area contributed by atoms with Crippen molar-refractivity contribution in [3.63, 3.8) is 0 Å². The average Bonchev–Trinajstić information content (AvgIpc) is 2.15. The maximum atomic E-state index is 13.5. The fraction of sp³-hybridized carbons (Fsp3) is 0.500. The molecule has 0 heterocycles. The molecule has 0 aliphatic heterocycles. The molecule has 0 aliphatic carbocycles. The Hall–Kier alpha value is -0.440. The number of hydrogen-bond donors (Lipinski definition) is 0. The van der Waals surface area contributed by atoms with Crippen LogP contribution in [0.5, 0.6) is 0 Å². The summed E-state index contributed by atoms with van der Waals surface area (Å²) in [6, 6.07) is 3.76. The summed E-state index contributed by atoms with van der Waals surface area (Å²) in [4.78, 5) is 0.192. The van der Waals surface area contributed by atoms with Crippen molar-refractivity contribution >= 4 is 15.9 Å². The lowest BCUT2D eigenvalue weighted by Crippen LogP contribution is -2.16. The van der Waals surface area contributed by atoms with Crippen molar-refractivity contribution in [2.45, 2.75) is 31.5 Å². The zero-order chi connectivity index (χ0) is 11.6. The van der Waals surface area contributed by atoms with Gasteiger partial charge in [-0.3, -0.25) is 0 Å². The molecule has 0 aliphatic rings. The molecule has 15 heavy (non-hydrogen) atoms. The first-order chi connectivity index (χ1) is 6.93. The van der Waals surface area contributed by atoms with E-state index in [9.17, 15) is 8.78 Å². The van der Waals surface area contributed by atoms with E-state index in [4.69, 9.17) is 0 Å². The van der Waals surface area contributed by atoms with Gasteiger partial charge in [0.1, 0.15) is 11.6 Å². The van der Waals surface area contributed by atoms with Crippen LogP contribution < -0.4 is 0 Å². The Morgan fingerprint density at radius 3 is 2.20 bits per heavy atom. The lowest BCUT2D eigenvalue weighted by Gasteiger charge is -2.22. The van der Waals surface area contributed by atoms with Gasteiger partial charge in [0.05, 0.1) is 0 Å². The second kappa shape index (κ2) is 5.06. The van der Waals surface area contributed by atoms with Crippen LogP contribution in [0.1, 0.15) is 32.3 Å². The third kappa shape index (κ3) is 3.00. The first kappa shape index (κ1) is 12.6. The standard InChI is InChI=1S/C12H15BrF2/c1-7(2)12(13)8(3)10-5-4-9(14)6-11(10)15/h4-8,12H,1-3H3. The third-order valence-electron chi connectivity index (χ3n) is 2.57. The smallest absolute Gasteiger partial charge is 0.129 e. The Labute approximate surface area is 97.8 Å². The predicted octanol–water partition coefficient (Wildman–Crippen LogP) is 4.49. The highest BCUT2D eigenvalue weighted by atomic mass is 79.9. The molecule has 0 spiro atoms. The Kier molecular flexibility index (Phi) is 4.26. The maximum absolute atomic E-state index is 13.5. The summed E-state index contributed by atoms with van der Waals surface area (Å²) in [6.45, 7) is 6.07. The van der Waals surface area contributed by atoms with E-state index in [0.29, 0.717) is 11.5 Å². The topological polar surface area (TPSA) is 0 Å². The van der Waals surface area contributed by atoms with Gasteiger partial charge in [-0.25, -0.2) is 8.78 Å². The van der Waals surface area contributed by atoms with Crippen LogP contribution in [0.3, 0.4) is 0 Å². The zero-order valence-corrected chi connectivity index (χ0v) is 10.7. The zero-order valence-electron chi connectivity index (χ0n) is 9.10. The van der Waals surface area contributed by atoms with E-state index in [2.05, 4.69) is 29.8 Å². The van der Waals surface area contributed by atoms with Crippen LogP contribution in [0.25, 0.3) is 0 Å². The molecule has 1 aromatic rings. The fourth-order valence-electron chi connectivity index (χ4n) is 1.62. The molecule has 1 aromatic carbocycles. The van der Waals surface area contributed by atoms with E-state index in [-0.39, 0.29) is 10.7 Å².